The van der Waals surface area contributed by atoms with Crippen molar-refractivity contribution in [3.63, 3.8) is 0 Å². The Balaban J connectivity index is 1.35. The van der Waals surface area contributed by atoms with E-state index in [1.807, 2.05) is 67.0 Å². The molecular formula is C33H33N3O3. The highest BCUT2D eigenvalue weighted by Gasteiger charge is 2.38. The first-order chi connectivity index (χ1) is 19.1. The molecule has 1 aromatic heterocycles. The van der Waals surface area contributed by atoms with Crippen molar-refractivity contribution in [2.75, 3.05) is 0 Å². The van der Waals surface area contributed by atoms with Gasteiger partial charge in [0.05, 0.1) is 42.7 Å². The molecule has 5 aromatic rings. The Bertz CT molecular complexity index is 1560. The molecule has 1 aliphatic heterocycles. The minimum Gasteiger partial charge on any atom is -0.392 e. The van der Waals surface area contributed by atoms with Gasteiger partial charge in [0.15, 0.2) is 6.29 Å². The van der Waals surface area contributed by atoms with Crippen LogP contribution in [0.15, 0.2) is 103 Å². The third-order valence-corrected chi connectivity index (χ3v) is 7.68. The molecule has 4 atom stereocenters. The highest BCUT2D eigenvalue weighted by molar-refractivity contribution is 5.74. The first-order valence-electron chi connectivity index (χ1n) is 13.4. The van der Waals surface area contributed by atoms with Crippen LogP contribution in [0.1, 0.15) is 41.6 Å². The zero-order chi connectivity index (χ0) is 26.8. The predicted octanol–water partition coefficient (Wildman–Crippen LogP) is 6.15. The Kier molecular flexibility index (Phi) is 7.26. The van der Waals surface area contributed by atoms with E-state index in [2.05, 4.69) is 52.9 Å². The van der Waals surface area contributed by atoms with Crippen molar-refractivity contribution in [1.29, 1.82) is 0 Å². The third-order valence-electron chi connectivity index (χ3n) is 7.68. The van der Waals surface area contributed by atoms with Crippen LogP contribution in [0.2, 0.25) is 0 Å². The number of imidazole rings is 1. The van der Waals surface area contributed by atoms with Gasteiger partial charge in [-0.05, 0) is 52.1 Å². The van der Waals surface area contributed by atoms with Gasteiger partial charge in [0, 0.05) is 18.0 Å². The van der Waals surface area contributed by atoms with E-state index >= 15 is 0 Å². The molecule has 6 nitrogen and oxygen atoms in total. The number of nitrogens with two attached hydrogens (primary N) is 1. The van der Waals surface area contributed by atoms with Gasteiger partial charge in [0.2, 0.25) is 0 Å². The molecule has 0 saturated carbocycles. The van der Waals surface area contributed by atoms with Crippen molar-refractivity contribution < 1.29 is 14.6 Å². The summed E-state index contributed by atoms with van der Waals surface area (Å²) < 4.78 is 15.6. The topological polar surface area (TPSA) is 82.5 Å². The van der Waals surface area contributed by atoms with Crippen molar-refractivity contribution in [2.24, 2.45) is 11.7 Å². The van der Waals surface area contributed by atoms with Gasteiger partial charge in [-0.1, -0.05) is 79.7 Å². The van der Waals surface area contributed by atoms with Gasteiger partial charge in [-0.3, -0.25) is 0 Å². The zero-order valence-corrected chi connectivity index (χ0v) is 22.0. The lowest BCUT2D eigenvalue weighted by molar-refractivity contribution is -0.276. The summed E-state index contributed by atoms with van der Waals surface area (Å²) in [6.07, 6.45) is 1.05. The molecule has 0 bridgehead atoms. The molecule has 0 aliphatic carbocycles. The fourth-order valence-corrected chi connectivity index (χ4v) is 5.42. The average Bonchev–Trinajstić information content (AvgIpc) is 3.41. The minimum atomic E-state index is -0.541. The Labute approximate surface area is 228 Å². The summed E-state index contributed by atoms with van der Waals surface area (Å²) in [6, 6.07) is 32.8. The van der Waals surface area contributed by atoms with E-state index in [1.54, 1.807) is 0 Å². The largest absolute Gasteiger partial charge is 0.392 e. The number of rotatable bonds is 7. The van der Waals surface area contributed by atoms with E-state index in [1.165, 1.54) is 0 Å². The molecule has 1 fully saturated rings. The van der Waals surface area contributed by atoms with E-state index in [0.717, 1.165) is 44.4 Å². The standard InChI is InChI=1S/C33H33N3O3/c1-22-31(19-36-21-35-29-10-2-3-11-30(29)36)38-33(39-32(22)25-14-12-23(20-37)13-15-25)28-9-5-8-27(17-28)26-7-4-6-24(16-26)18-34/h2-17,21-22,31-33,37H,18-20,34H2,1H3. The van der Waals surface area contributed by atoms with Crippen LogP contribution in [0.25, 0.3) is 22.2 Å². The summed E-state index contributed by atoms with van der Waals surface area (Å²) in [6.45, 7) is 3.35. The van der Waals surface area contributed by atoms with E-state index in [-0.39, 0.29) is 24.7 Å². The number of nitrogens with zero attached hydrogens (tertiary/aromatic N) is 2. The van der Waals surface area contributed by atoms with Gasteiger partial charge in [-0.15, -0.1) is 0 Å². The fourth-order valence-electron chi connectivity index (χ4n) is 5.42. The maximum atomic E-state index is 9.54. The number of para-hydroxylation sites is 2. The molecule has 1 saturated heterocycles. The highest BCUT2D eigenvalue weighted by Crippen LogP contribution is 2.42. The molecule has 0 radical (unpaired) electrons. The van der Waals surface area contributed by atoms with Crippen molar-refractivity contribution in [3.05, 3.63) is 126 Å². The number of benzene rings is 4. The predicted molar refractivity (Wildman–Crippen MR) is 152 cm³/mol. The van der Waals surface area contributed by atoms with Gasteiger partial charge in [-0.25, -0.2) is 4.98 Å². The smallest absolute Gasteiger partial charge is 0.185 e. The van der Waals surface area contributed by atoms with Crippen molar-refractivity contribution in [1.82, 2.24) is 9.55 Å². The summed E-state index contributed by atoms with van der Waals surface area (Å²) in [4.78, 5) is 4.59. The van der Waals surface area contributed by atoms with Crippen LogP contribution < -0.4 is 5.73 Å². The second kappa shape index (κ2) is 11.1. The van der Waals surface area contributed by atoms with Gasteiger partial charge in [0.25, 0.3) is 0 Å². The highest BCUT2D eigenvalue weighted by atomic mass is 16.7. The molecule has 4 unspecified atom stereocenters. The molecular weight excluding hydrogens is 486 g/mol. The number of fused-ring (bicyclic) bond motifs is 1. The first kappa shape index (κ1) is 25.5. The molecule has 1 aliphatic rings. The Morgan fingerprint density at radius 2 is 1.59 bits per heavy atom. The number of aromatic nitrogens is 2. The van der Waals surface area contributed by atoms with Crippen LogP contribution in [-0.2, 0) is 29.2 Å². The molecule has 198 valence electrons. The van der Waals surface area contributed by atoms with Gasteiger partial charge < -0.3 is 24.9 Å². The molecule has 39 heavy (non-hydrogen) atoms. The quantitative estimate of drug-likeness (QED) is 0.270. The SMILES string of the molecule is CC1C(Cn2cnc3ccccc32)OC(c2cccc(-c3cccc(CN)c3)c2)OC1c1ccc(CO)cc1. The number of hydrogen-bond acceptors (Lipinski definition) is 5. The minimum absolute atomic E-state index is 0.0154. The van der Waals surface area contributed by atoms with E-state index < -0.39 is 6.29 Å². The van der Waals surface area contributed by atoms with E-state index in [4.69, 9.17) is 15.2 Å². The summed E-state index contributed by atoms with van der Waals surface area (Å²) in [5.74, 6) is 0.0757. The monoisotopic (exact) mass is 519 g/mol. The van der Waals surface area contributed by atoms with E-state index in [0.29, 0.717) is 13.1 Å². The van der Waals surface area contributed by atoms with Crippen LogP contribution in [0.4, 0.5) is 0 Å². The molecule has 0 amide bonds. The number of aliphatic hydroxyl groups excluding tert-OH is 1. The fraction of sp³-hybridized carbons (Fsp3) is 0.242. The summed E-state index contributed by atoms with van der Waals surface area (Å²) in [7, 11) is 0. The molecule has 6 heteroatoms. The lowest BCUT2D eigenvalue weighted by Crippen LogP contribution is -2.39. The second-order valence-electron chi connectivity index (χ2n) is 10.2. The van der Waals surface area contributed by atoms with Crippen LogP contribution in [0, 0.1) is 5.92 Å². The maximum Gasteiger partial charge on any atom is 0.185 e. The van der Waals surface area contributed by atoms with Crippen LogP contribution in [-0.4, -0.2) is 20.8 Å². The Morgan fingerprint density at radius 1 is 0.821 bits per heavy atom. The average molecular weight is 520 g/mol. The lowest BCUT2D eigenvalue weighted by atomic mass is 9.90. The number of hydrogen-bond donors (Lipinski definition) is 2. The third kappa shape index (κ3) is 5.24. The Morgan fingerprint density at radius 3 is 2.38 bits per heavy atom. The van der Waals surface area contributed by atoms with Gasteiger partial charge >= 0.3 is 0 Å². The number of aliphatic hydroxyl groups is 1. The van der Waals surface area contributed by atoms with Crippen LogP contribution in [0.3, 0.4) is 0 Å². The van der Waals surface area contributed by atoms with Crippen molar-refractivity contribution in [2.45, 2.75) is 45.1 Å². The zero-order valence-electron chi connectivity index (χ0n) is 22.0. The van der Waals surface area contributed by atoms with Crippen LogP contribution in [0.5, 0.6) is 0 Å². The normalized spacial score (nSPS) is 21.3. The molecule has 3 N–H and O–H groups in total. The van der Waals surface area contributed by atoms with Crippen LogP contribution >= 0.6 is 0 Å². The van der Waals surface area contributed by atoms with Gasteiger partial charge in [0.1, 0.15) is 0 Å². The van der Waals surface area contributed by atoms with Crippen molar-refractivity contribution in [3.8, 4) is 11.1 Å². The molecule has 0 spiro atoms. The first-order valence-corrected chi connectivity index (χ1v) is 13.4. The molecule has 2 heterocycles. The molecule has 6 rings (SSSR count). The van der Waals surface area contributed by atoms with Gasteiger partial charge in [-0.2, -0.15) is 0 Å². The summed E-state index contributed by atoms with van der Waals surface area (Å²) in [5, 5.41) is 9.54. The summed E-state index contributed by atoms with van der Waals surface area (Å²) in [5.41, 5.74) is 14.2. The number of ether oxygens (including phenoxy) is 2. The Hall–Kier alpha value is -3.81. The van der Waals surface area contributed by atoms with Crippen molar-refractivity contribution >= 4 is 11.0 Å². The summed E-state index contributed by atoms with van der Waals surface area (Å²) >= 11 is 0. The second-order valence-corrected chi connectivity index (χ2v) is 10.2. The van der Waals surface area contributed by atoms with E-state index in [9.17, 15) is 5.11 Å². The maximum absolute atomic E-state index is 9.54. The lowest BCUT2D eigenvalue weighted by Gasteiger charge is -2.41. The molecule has 4 aromatic carbocycles.